The van der Waals surface area contributed by atoms with E-state index in [9.17, 15) is 9.59 Å². The molecule has 0 heterocycles. The molecule has 6 nitrogen and oxygen atoms in total. The van der Waals surface area contributed by atoms with Crippen LogP contribution in [0.2, 0.25) is 0 Å². The molecule has 0 radical (unpaired) electrons. The van der Waals surface area contributed by atoms with Crippen molar-refractivity contribution in [3.05, 3.63) is 30.3 Å². The van der Waals surface area contributed by atoms with Crippen LogP contribution in [0.3, 0.4) is 0 Å². The van der Waals surface area contributed by atoms with Crippen molar-refractivity contribution in [2.45, 2.75) is 32.4 Å². The third-order valence-corrected chi connectivity index (χ3v) is 3.30. The van der Waals surface area contributed by atoms with E-state index in [1.807, 2.05) is 25.1 Å². The van der Waals surface area contributed by atoms with Crippen molar-refractivity contribution in [1.29, 1.82) is 0 Å². The Morgan fingerprint density at radius 2 is 1.95 bits per heavy atom. The molecule has 22 heavy (non-hydrogen) atoms. The normalized spacial score (nSPS) is 13.3. The number of anilines is 1. The summed E-state index contributed by atoms with van der Waals surface area (Å²) in [5.41, 5.74) is 6.50. The number of para-hydroxylation sites is 1. The highest BCUT2D eigenvalue weighted by molar-refractivity contribution is 5.97. The number of hydrogen-bond donors (Lipinski definition) is 2. The zero-order valence-electron chi connectivity index (χ0n) is 13.4. The van der Waals surface area contributed by atoms with Gasteiger partial charge in [-0.3, -0.25) is 9.59 Å². The number of nitrogens with zero attached hydrogens (tertiary/aromatic N) is 1. The second-order valence-corrected chi connectivity index (χ2v) is 5.12. The van der Waals surface area contributed by atoms with Gasteiger partial charge in [-0.05, 0) is 25.5 Å². The molecular weight excluding hydrogens is 282 g/mol. The van der Waals surface area contributed by atoms with Crippen LogP contribution < -0.4 is 11.1 Å². The molecule has 0 spiro atoms. The Hall–Kier alpha value is -1.92. The average molecular weight is 307 g/mol. The third-order valence-electron chi connectivity index (χ3n) is 3.30. The highest BCUT2D eigenvalue weighted by atomic mass is 16.5. The molecule has 0 saturated carbocycles. The van der Waals surface area contributed by atoms with Gasteiger partial charge in [0.15, 0.2) is 0 Å². The molecule has 2 unspecified atom stereocenters. The lowest BCUT2D eigenvalue weighted by molar-refractivity contribution is -0.140. The van der Waals surface area contributed by atoms with E-state index in [-0.39, 0.29) is 18.4 Å². The molecule has 122 valence electrons. The fraction of sp³-hybridized carbons (Fsp3) is 0.500. The Bertz CT molecular complexity index is 479. The van der Waals surface area contributed by atoms with Gasteiger partial charge >= 0.3 is 0 Å². The van der Waals surface area contributed by atoms with E-state index in [0.29, 0.717) is 12.2 Å². The number of hydrogen-bond acceptors (Lipinski definition) is 4. The highest BCUT2D eigenvalue weighted by Crippen LogP contribution is 2.10. The van der Waals surface area contributed by atoms with E-state index in [4.69, 9.17) is 10.5 Å². The molecule has 0 aliphatic rings. The summed E-state index contributed by atoms with van der Waals surface area (Å²) in [5.74, 6) is -0.517. The summed E-state index contributed by atoms with van der Waals surface area (Å²) in [6.45, 7) is 4.25. The Balaban J connectivity index is 2.77. The molecule has 1 aromatic rings. The van der Waals surface area contributed by atoms with Gasteiger partial charge in [0, 0.05) is 19.3 Å². The van der Waals surface area contributed by atoms with Crippen molar-refractivity contribution in [2.24, 2.45) is 5.73 Å². The van der Waals surface area contributed by atoms with E-state index < -0.39 is 12.1 Å². The van der Waals surface area contributed by atoms with Crippen LogP contribution >= 0.6 is 0 Å². The number of ether oxygens (including phenoxy) is 1. The van der Waals surface area contributed by atoms with E-state index in [1.165, 1.54) is 12.0 Å². The zero-order chi connectivity index (χ0) is 16.5. The van der Waals surface area contributed by atoms with Crippen LogP contribution in [0.25, 0.3) is 0 Å². The molecule has 0 aromatic heterocycles. The molecule has 3 N–H and O–H groups in total. The molecule has 0 saturated heterocycles. The fourth-order valence-electron chi connectivity index (χ4n) is 2.11. The molecule has 2 atom stereocenters. The Labute approximate surface area is 131 Å². The number of benzene rings is 1. The Morgan fingerprint density at radius 3 is 2.50 bits per heavy atom. The summed E-state index contributed by atoms with van der Waals surface area (Å²) in [7, 11) is 1.49. The fourth-order valence-corrected chi connectivity index (χ4v) is 2.11. The summed E-state index contributed by atoms with van der Waals surface area (Å²) < 4.78 is 4.92. The smallest absolute Gasteiger partial charge is 0.246 e. The van der Waals surface area contributed by atoms with Crippen LogP contribution in [0.15, 0.2) is 30.3 Å². The molecule has 0 fully saturated rings. The van der Waals surface area contributed by atoms with Crippen molar-refractivity contribution in [1.82, 2.24) is 4.90 Å². The van der Waals surface area contributed by atoms with E-state index >= 15 is 0 Å². The van der Waals surface area contributed by atoms with Gasteiger partial charge in [-0.15, -0.1) is 0 Å². The van der Waals surface area contributed by atoms with Gasteiger partial charge < -0.3 is 20.7 Å². The predicted octanol–water partition coefficient (Wildman–Crippen LogP) is 1.23. The van der Waals surface area contributed by atoms with Gasteiger partial charge in [-0.2, -0.15) is 0 Å². The molecule has 6 heteroatoms. The molecule has 2 amide bonds. The van der Waals surface area contributed by atoms with Crippen molar-refractivity contribution in [3.8, 4) is 0 Å². The lowest BCUT2D eigenvalue weighted by Gasteiger charge is -2.30. The number of amides is 2. The number of nitrogens with one attached hydrogen (secondary N) is 1. The Kier molecular flexibility index (Phi) is 7.56. The van der Waals surface area contributed by atoms with E-state index in [1.54, 1.807) is 19.1 Å². The highest BCUT2D eigenvalue weighted by Gasteiger charge is 2.28. The third kappa shape index (κ3) is 5.13. The van der Waals surface area contributed by atoms with Crippen molar-refractivity contribution in [2.75, 3.05) is 25.6 Å². The minimum atomic E-state index is -0.761. The van der Waals surface area contributed by atoms with Gasteiger partial charge in [0.05, 0.1) is 6.61 Å². The first kappa shape index (κ1) is 18.1. The quantitative estimate of drug-likeness (QED) is 0.756. The summed E-state index contributed by atoms with van der Waals surface area (Å²) in [4.78, 5) is 26.2. The zero-order valence-corrected chi connectivity index (χ0v) is 13.4. The molecule has 0 aliphatic carbocycles. The monoisotopic (exact) mass is 307 g/mol. The van der Waals surface area contributed by atoms with Gasteiger partial charge in [-0.25, -0.2) is 0 Å². The Morgan fingerprint density at radius 1 is 1.32 bits per heavy atom. The van der Waals surface area contributed by atoms with Crippen LogP contribution in [0.5, 0.6) is 0 Å². The lowest BCUT2D eigenvalue weighted by Crippen LogP contribution is -2.53. The van der Waals surface area contributed by atoms with Crippen LogP contribution in [-0.4, -0.2) is 49.1 Å². The van der Waals surface area contributed by atoms with Crippen LogP contribution in [0.4, 0.5) is 5.69 Å². The topological polar surface area (TPSA) is 84.7 Å². The summed E-state index contributed by atoms with van der Waals surface area (Å²) in [5, 5.41) is 2.80. The van der Waals surface area contributed by atoms with Crippen LogP contribution in [0.1, 0.15) is 20.3 Å². The van der Waals surface area contributed by atoms with Gasteiger partial charge in [0.25, 0.3) is 0 Å². The first-order valence-corrected chi connectivity index (χ1v) is 7.42. The van der Waals surface area contributed by atoms with E-state index in [2.05, 4.69) is 5.32 Å². The number of carbonyl (C=O) groups excluding carboxylic acids is 2. The molecular formula is C16H25N3O3. The van der Waals surface area contributed by atoms with Gasteiger partial charge in [-0.1, -0.05) is 25.1 Å². The second-order valence-electron chi connectivity index (χ2n) is 5.12. The number of methoxy groups -OCH3 is 1. The molecule has 1 aromatic carbocycles. The maximum Gasteiger partial charge on any atom is 0.246 e. The minimum absolute atomic E-state index is 0.131. The summed E-state index contributed by atoms with van der Waals surface area (Å²) in [6, 6.07) is 7.78. The molecule has 0 bridgehead atoms. The van der Waals surface area contributed by atoms with Crippen molar-refractivity contribution in [3.63, 3.8) is 0 Å². The summed E-state index contributed by atoms with van der Waals surface area (Å²) >= 11 is 0. The maximum atomic E-state index is 12.4. The molecule has 0 aliphatic heterocycles. The van der Waals surface area contributed by atoms with Crippen molar-refractivity contribution >= 4 is 17.5 Å². The van der Waals surface area contributed by atoms with Crippen LogP contribution in [0, 0.1) is 0 Å². The minimum Gasteiger partial charge on any atom is -0.383 e. The first-order valence-electron chi connectivity index (χ1n) is 7.42. The predicted molar refractivity (Wildman–Crippen MR) is 86.4 cm³/mol. The standard InChI is InChI=1S/C16H25N3O3/c1-4-10-19(16(21)14(17)11-22-3)12(2)15(20)18-13-8-6-5-7-9-13/h5-9,12,14H,4,10-11,17H2,1-3H3,(H,18,20). The second kappa shape index (κ2) is 9.17. The largest absolute Gasteiger partial charge is 0.383 e. The van der Waals surface area contributed by atoms with Crippen LogP contribution in [-0.2, 0) is 14.3 Å². The maximum absolute atomic E-state index is 12.4. The average Bonchev–Trinajstić information content (AvgIpc) is 2.52. The number of rotatable bonds is 8. The van der Waals surface area contributed by atoms with E-state index in [0.717, 1.165) is 6.42 Å². The SMILES string of the molecule is CCCN(C(=O)C(N)COC)C(C)C(=O)Nc1ccccc1. The molecule has 1 rings (SSSR count). The van der Waals surface area contributed by atoms with Crippen molar-refractivity contribution < 1.29 is 14.3 Å². The van der Waals surface area contributed by atoms with Gasteiger partial charge in [0.1, 0.15) is 12.1 Å². The number of carbonyl (C=O) groups is 2. The summed E-state index contributed by atoms with van der Waals surface area (Å²) in [6.07, 6.45) is 0.744. The lowest BCUT2D eigenvalue weighted by atomic mass is 10.2. The van der Waals surface area contributed by atoms with Gasteiger partial charge in [0.2, 0.25) is 11.8 Å². The number of nitrogens with two attached hydrogens (primary N) is 1. The first-order chi connectivity index (χ1) is 10.5.